The fraction of sp³-hybridized carbons (Fsp3) is 0.357. The van der Waals surface area contributed by atoms with Gasteiger partial charge in [-0.2, -0.15) is 21.6 Å². The van der Waals surface area contributed by atoms with E-state index in [1.807, 2.05) is 0 Å². The van der Waals surface area contributed by atoms with Gasteiger partial charge in [0.25, 0.3) is 5.91 Å². The number of amides is 3. The fourth-order valence-corrected chi connectivity index (χ4v) is 5.04. The van der Waals surface area contributed by atoms with E-state index in [0.29, 0.717) is 16.7 Å². The minimum absolute atomic E-state index is 0.0761. The number of carbonyl (C=O) groups is 3. The number of rotatable bonds is 9. The van der Waals surface area contributed by atoms with Crippen LogP contribution in [0, 0.1) is 0 Å². The molecule has 0 saturated carbocycles. The Hall–Kier alpha value is -4.60. The second-order valence-corrected chi connectivity index (χ2v) is 11.1. The van der Waals surface area contributed by atoms with E-state index in [-0.39, 0.29) is 44.0 Å². The first-order valence-electron chi connectivity index (χ1n) is 13.4. The molecule has 0 aliphatic carbocycles. The molecule has 1 aliphatic heterocycles. The molecule has 1 aromatic heterocycles. The molecule has 1 unspecified atom stereocenters. The molecule has 3 amide bonds. The van der Waals surface area contributed by atoms with E-state index >= 15 is 0 Å². The van der Waals surface area contributed by atoms with E-state index in [1.54, 1.807) is 31.2 Å². The number of methoxy groups -OCH3 is 1. The van der Waals surface area contributed by atoms with Crippen molar-refractivity contribution in [2.24, 2.45) is 0 Å². The molecule has 0 spiro atoms. The molecular formula is C28H29F3N4O8S. The maximum atomic E-state index is 13.8. The summed E-state index contributed by atoms with van der Waals surface area (Å²) in [7, 11) is -4.60. The van der Waals surface area contributed by atoms with Crippen molar-refractivity contribution in [3.63, 3.8) is 0 Å². The first kappa shape index (κ1) is 32.3. The van der Waals surface area contributed by atoms with Gasteiger partial charge in [0.15, 0.2) is 0 Å². The molecule has 12 nitrogen and oxygen atoms in total. The van der Waals surface area contributed by atoms with Crippen LogP contribution in [-0.4, -0.2) is 92.6 Å². The standard InChI is InChI=1S/C28H29F3N4O8S/c1-3-42-27(38)35-14-12-34(13-15-35)26(37)22(16-18-8-4-7-11-23(18)43-44(39,40)28(29,30)31)33-25(36)21-17-24(41-2)19-9-5-6-10-20(19)32-21/h4-11,17,22H,3,12-16H2,1-2H3,(H,33,36). The Balaban J connectivity index is 1.64. The SMILES string of the molecule is CCOC(=O)N1CCN(C(=O)C(Cc2ccccc2OS(=O)(=O)C(F)(F)F)NC(=O)c2cc(OC)c3ccccc3n2)CC1. The van der Waals surface area contributed by atoms with Gasteiger partial charge in [-0.1, -0.05) is 30.3 Å². The van der Waals surface area contributed by atoms with E-state index in [0.717, 1.165) is 6.07 Å². The number of piperazine rings is 1. The van der Waals surface area contributed by atoms with Crippen LogP contribution in [0.15, 0.2) is 54.6 Å². The van der Waals surface area contributed by atoms with Crippen molar-refractivity contribution >= 4 is 38.9 Å². The first-order valence-corrected chi connectivity index (χ1v) is 14.8. The van der Waals surface area contributed by atoms with Crippen molar-refractivity contribution in [2.75, 3.05) is 39.9 Å². The first-order chi connectivity index (χ1) is 20.8. The molecule has 1 N–H and O–H groups in total. The molecule has 2 aromatic carbocycles. The van der Waals surface area contributed by atoms with Crippen molar-refractivity contribution in [1.82, 2.24) is 20.1 Å². The number of aromatic nitrogens is 1. The minimum Gasteiger partial charge on any atom is -0.496 e. The molecule has 2 heterocycles. The van der Waals surface area contributed by atoms with Crippen molar-refractivity contribution in [3.8, 4) is 11.5 Å². The zero-order valence-corrected chi connectivity index (χ0v) is 24.5. The van der Waals surface area contributed by atoms with Crippen molar-refractivity contribution in [1.29, 1.82) is 0 Å². The Kier molecular flexibility index (Phi) is 9.81. The molecule has 0 radical (unpaired) electrons. The van der Waals surface area contributed by atoms with Gasteiger partial charge in [0, 0.05) is 44.1 Å². The lowest BCUT2D eigenvalue weighted by molar-refractivity contribution is -0.134. The summed E-state index contributed by atoms with van der Waals surface area (Å²) in [5.74, 6) is -1.73. The Morgan fingerprint density at radius 2 is 1.61 bits per heavy atom. The summed E-state index contributed by atoms with van der Waals surface area (Å²) in [5.41, 5.74) is -5.45. The number of hydrogen-bond donors (Lipinski definition) is 1. The molecule has 3 aromatic rings. The van der Waals surface area contributed by atoms with Gasteiger partial charge in [0.1, 0.15) is 23.2 Å². The molecule has 1 fully saturated rings. The molecule has 44 heavy (non-hydrogen) atoms. The van der Waals surface area contributed by atoms with E-state index in [9.17, 15) is 36.0 Å². The third-order valence-electron chi connectivity index (χ3n) is 6.73. The van der Waals surface area contributed by atoms with Gasteiger partial charge >= 0.3 is 21.7 Å². The second-order valence-electron chi connectivity index (χ2n) is 9.56. The van der Waals surface area contributed by atoms with Gasteiger partial charge in [0.2, 0.25) is 5.91 Å². The van der Waals surface area contributed by atoms with Crippen LogP contribution in [0.5, 0.6) is 11.5 Å². The average molecular weight is 639 g/mol. The summed E-state index contributed by atoms with van der Waals surface area (Å²) in [4.78, 5) is 46.5. The van der Waals surface area contributed by atoms with E-state index in [4.69, 9.17) is 9.47 Å². The van der Waals surface area contributed by atoms with Crippen LogP contribution < -0.4 is 14.2 Å². The summed E-state index contributed by atoms with van der Waals surface area (Å²) in [6.45, 7) is 2.26. The van der Waals surface area contributed by atoms with E-state index in [1.165, 1.54) is 41.2 Å². The largest absolute Gasteiger partial charge is 0.534 e. The Bertz CT molecular complexity index is 1640. The highest BCUT2D eigenvalue weighted by Crippen LogP contribution is 2.30. The number of nitrogens with zero attached hydrogens (tertiary/aromatic N) is 3. The lowest BCUT2D eigenvalue weighted by Gasteiger charge is -2.36. The number of fused-ring (bicyclic) bond motifs is 1. The monoisotopic (exact) mass is 638 g/mol. The van der Waals surface area contributed by atoms with Crippen LogP contribution in [0.3, 0.4) is 0 Å². The highest BCUT2D eigenvalue weighted by atomic mass is 32.2. The Morgan fingerprint density at radius 3 is 2.27 bits per heavy atom. The predicted octanol–water partition coefficient (Wildman–Crippen LogP) is 3.11. The number of ether oxygens (including phenoxy) is 2. The normalized spacial score (nSPS) is 14.6. The number of nitrogens with one attached hydrogen (secondary N) is 1. The second kappa shape index (κ2) is 13.4. The quantitative estimate of drug-likeness (QED) is 0.276. The molecule has 0 bridgehead atoms. The van der Waals surface area contributed by atoms with Crippen LogP contribution in [0.4, 0.5) is 18.0 Å². The number of pyridine rings is 1. The number of benzene rings is 2. The third kappa shape index (κ3) is 7.30. The highest BCUT2D eigenvalue weighted by molar-refractivity contribution is 7.88. The molecule has 236 valence electrons. The number of halogens is 3. The van der Waals surface area contributed by atoms with Crippen LogP contribution >= 0.6 is 0 Å². The number of para-hydroxylation sites is 2. The Morgan fingerprint density at radius 1 is 0.977 bits per heavy atom. The summed E-state index contributed by atoms with van der Waals surface area (Å²) < 4.78 is 77.5. The van der Waals surface area contributed by atoms with Crippen LogP contribution in [0.1, 0.15) is 23.0 Å². The van der Waals surface area contributed by atoms with Crippen LogP contribution in [-0.2, 0) is 26.1 Å². The lowest BCUT2D eigenvalue weighted by Crippen LogP contribution is -2.56. The van der Waals surface area contributed by atoms with Crippen molar-refractivity contribution in [3.05, 3.63) is 65.9 Å². The van der Waals surface area contributed by atoms with Gasteiger partial charge in [-0.15, -0.1) is 0 Å². The molecule has 1 aliphatic rings. The summed E-state index contributed by atoms with van der Waals surface area (Å²) in [6, 6.07) is 11.8. The maximum Gasteiger partial charge on any atom is 0.534 e. The molecule has 4 rings (SSSR count). The topological polar surface area (TPSA) is 144 Å². The number of carbonyl (C=O) groups excluding carboxylic acids is 3. The van der Waals surface area contributed by atoms with Gasteiger partial charge in [-0.05, 0) is 30.7 Å². The van der Waals surface area contributed by atoms with Gasteiger partial charge in [-0.25, -0.2) is 9.78 Å². The number of alkyl halides is 3. The number of hydrogen-bond acceptors (Lipinski definition) is 9. The van der Waals surface area contributed by atoms with Gasteiger partial charge in [-0.3, -0.25) is 9.59 Å². The molecular weight excluding hydrogens is 609 g/mol. The Labute approximate surface area is 250 Å². The summed E-state index contributed by atoms with van der Waals surface area (Å²) in [5, 5.41) is 3.22. The highest BCUT2D eigenvalue weighted by Gasteiger charge is 2.49. The summed E-state index contributed by atoms with van der Waals surface area (Å²) >= 11 is 0. The smallest absolute Gasteiger partial charge is 0.496 e. The summed E-state index contributed by atoms with van der Waals surface area (Å²) in [6.07, 6.45) is -0.977. The zero-order chi connectivity index (χ0) is 32.1. The predicted molar refractivity (Wildman–Crippen MR) is 150 cm³/mol. The third-order valence-corrected chi connectivity index (χ3v) is 7.70. The van der Waals surface area contributed by atoms with Crippen LogP contribution in [0.2, 0.25) is 0 Å². The lowest BCUT2D eigenvalue weighted by atomic mass is 10.0. The van der Waals surface area contributed by atoms with Crippen LogP contribution in [0.25, 0.3) is 10.9 Å². The molecule has 1 saturated heterocycles. The van der Waals surface area contributed by atoms with Crippen molar-refractivity contribution in [2.45, 2.75) is 24.9 Å². The molecule has 1 atom stereocenters. The average Bonchev–Trinajstić information content (AvgIpc) is 3.00. The van der Waals surface area contributed by atoms with Crippen molar-refractivity contribution < 1.29 is 49.6 Å². The van der Waals surface area contributed by atoms with Gasteiger partial charge in [0.05, 0.1) is 19.2 Å². The molecule has 16 heteroatoms. The zero-order valence-electron chi connectivity index (χ0n) is 23.7. The minimum atomic E-state index is -6.02. The maximum absolute atomic E-state index is 13.8. The van der Waals surface area contributed by atoms with E-state index < -0.39 is 51.7 Å². The van der Waals surface area contributed by atoms with Gasteiger partial charge < -0.3 is 28.8 Å². The van der Waals surface area contributed by atoms with E-state index in [2.05, 4.69) is 14.5 Å². The fourth-order valence-electron chi connectivity index (χ4n) is 4.54.